The van der Waals surface area contributed by atoms with Crippen LogP contribution in [0.15, 0.2) is 128 Å². The van der Waals surface area contributed by atoms with Gasteiger partial charge in [-0.25, -0.2) is 19.9 Å². The summed E-state index contributed by atoms with van der Waals surface area (Å²) in [6.07, 6.45) is 3.66. The van der Waals surface area contributed by atoms with E-state index in [1.807, 2.05) is 91.1 Å². The van der Waals surface area contributed by atoms with E-state index < -0.39 is 0 Å². The van der Waals surface area contributed by atoms with Gasteiger partial charge in [0, 0.05) is 45.8 Å². The highest BCUT2D eigenvalue weighted by Crippen LogP contribution is 2.39. The zero-order chi connectivity index (χ0) is 26.0. The lowest BCUT2D eigenvalue weighted by Gasteiger charge is -2.10. The van der Waals surface area contributed by atoms with Gasteiger partial charge >= 0.3 is 0 Å². The van der Waals surface area contributed by atoms with Gasteiger partial charge in [-0.05, 0) is 18.2 Å². The smallest absolute Gasteiger partial charge is 0.164 e. The summed E-state index contributed by atoms with van der Waals surface area (Å²) in [6, 6.07) is 38.6. The van der Waals surface area contributed by atoms with Crippen LogP contribution < -0.4 is 0 Å². The maximum atomic E-state index is 5.06. The van der Waals surface area contributed by atoms with E-state index in [1.165, 1.54) is 0 Å². The van der Waals surface area contributed by atoms with E-state index in [0.29, 0.717) is 17.5 Å². The fourth-order valence-electron chi connectivity index (χ4n) is 4.54. The summed E-state index contributed by atoms with van der Waals surface area (Å²) >= 11 is 1.67. The predicted molar refractivity (Wildman–Crippen MR) is 158 cm³/mol. The van der Waals surface area contributed by atoms with Gasteiger partial charge in [0.2, 0.25) is 0 Å². The molecule has 7 rings (SSSR count). The molecule has 0 amide bonds. The molecule has 5 nitrogen and oxygen atoms in total. The summed E-state index contributed by atoms with van der Waals surface area (Å²) in [6.45, 7) is 0. The number of fused-ring (bicyclic) bond motifs is 1. The first-order valence-corrected chi connectivity index (χ1v) is 13.4. The van der Waals surface area contributed by atoms with Crippen molar-refractivity contribution in [3.05, 3.63) is 128 Å². The van der Waals surface area contributed by atoms with Crippen LogP contribution in [0.3, 0.4) is 0 Å². The Labute approximate surface area is 229 Å². The molecule has 184 valence electrons. The van der Waals surface area contributed by atoms with Gasteiger partial charge in [0.05, 0.1) is 10.2 Å². The highest BCUT2D eigenvalue weighted by molar-refractivity contribution is 7.21. The molecular weight excluding hydrogens is 498 g/mol. The van der Waals surface area contributed by atoms with Crippen molar-refractivity contribution in [2.24, 2.45) is 0 Å². The van der Waals surface area contributed by atoms with Gasteiger partial charge < -0.3 is 0 Å². The van der Waals surface area contributed by atoms with Crippen molar-refractivity contribution in [1.82, 2.24) is 24.9 Å². The third kappa shape index (κ3) is 4.58. The topological polar surface area (TPSA) is 64.5 Å². The van der Waals surface area contributed by atoms with E-state index in [0.717, 1.165) is 48.6 Å². The van der Waals surface area contributed by atoms with Crippen molar-refractivity contribution in [1.29, 1.82) is 0 Å². The maximum absolute atomic E-state index is 5.06. The van der Waals surface area contributed by atoms with Crippen molar-refractivity contribution in [3.63, 3.8) is 0 Å². The Morgan fingerprint density at radius 1 is 0.462 bits per heavy atom. The molecule has 3 heterocycles. The van der Waals surface area contributed by atoms with Crippen molar-refractivity contribution < 1.29 is 0 Å². The fraction of sp³-hybridized carbons (Fsp3) is 0. The molecule has 3 aromatic heterocycles. The van der Waals surface area contributed by atoms with E-state index in [1.54, 1.807) is 17.5 Å². The second-order valence-corrected chi connectivity index (χ2v) is 10.1. The Morgan fingerprint density at radius 2 is 1.00 bits per heavy atom. The molecule has 6 heteroatoms. The SMILES string of the molecule is c1ccc(-c2nc(-c3ccccc3)nc(-c3cc(-c4cccnc4)c4nc(-c5ccccc5)sc4c3)n2)cc1. The lowest BCUT2D eigenvalue weighted by Crippen LogP contribution is -2.00. The van der Waals surface area contributed by atoms with E-state index in [4.69, 9.17) is 19.9 Å². The zero-order valence-electron chi connectivity index (χ0n) is 20.8. The van der Waals surface area contributed by atoms with Crippen LogP contribution >= 0.6 is 11.3 Å². The third-order valence-corrected chi connectivity index (χ3v) is 7.50. The molecule has 0 aliphatic heterocycles. The Morgan fingerprint density at radius 3 is 1.56 bits per heavy atom. The summed E-state index contributed by atoms with van der Waals surface area (Å²) in [4.78, 5) is 24.2. The first-order chi connectivity index (χ1) is 19.3. The average Bonchev–Trinajstić information content (AvgIpc) is 3.47. The van der Waals surface area contributed by atoms with Crippen LogP contribution in [0.2, 0.25) is 0 Å². The maximum Gasteiger partial charge on any atom is 0.164 e. The van der Waals surface area contributed by atoms with Crippen molar-refractivity contribution >= 4 is 21.6 Å². The largest absolute Gasteiger partial charge is 0.264 e. The summed E-state index contributed by atoms with van der Waals surface area (Å²) in [5, 5.41) is 0.971. The minimum Gasteiger partial charge on any atom is -0.264 e. The minimum atomic E-state index is 0.615. The van der Waals surface area contributed by atoms with E-state index in [9.17, 15) is 0 Å². The van der Waals surface area contributed by atoms with Gasteiger partial charge in [-0.3, -0.25) is 4.98 Å². The monoisotopic (exact) mass is 519 g/mol. The molecule has 0 saturated carbocycles. The number of hydrogen-bond acceptors (Lipinski definition) is 6. The summed E-state index contributed by atoms with van der Waals surface area (Å²) < 4.78 is 1.06. The highest BCUT2D eigenvalue weighted by atomic mass is 32.1. The molecule has 0 N–H and O–H groups in total. The van der Waals surface area contributed by atoms with Crippen LogP contribution in [-0.2, 0) is 0 Å². The molecular formula is C33H21N5S. The van der Waals surface area contributed by atoms with Crippen LogP contribution in [0, 0.1) is 0 Å². The first-order valence-electron chi connectivity index (χ1n) is 12.6. The molecule has 0 bridgehead atoms. The van der Waals surface area contributed by atoms with Gasteiger partial charge in [0.1, 0.15) is 5.01 Å². The van der Waals surface area contributed by atoms with Crippen LogP contribution in [0.5, 0.6) is 0 Å². The van der Waals surface area contributed by atoms with Gasteiger partial charge in [-0.2, -0.15) is 0 Å². The molecule has 7 aromatic rings. The Kier molecular flexibility index (Phi) is 5.92. The van der Waals surface area contributed by atoms with Crippen LogP contribution in [-0.4, -0.2) is 24.9 Å². The number of benzene rings is 4. The van der Waals surface area contributed by atoms with Crippen molar-refractivity contribution in [2.75, 3.05) is 0 Å². The second kappa shape index (κ2) is 10.0. The number of rotatable bonds is 5. The van der Waals surface area contributed by atoms with Gasteiger partial charge in [-0.15, -0.1) is 11.3 Å². The Hall–Kier alpha value is -5.07. The second-order valence-electron chi connectivity index (χ2n) is 9.04. The normalized spacial score (nSPS) is 11.1. The molecule has 0 saturated heterocycles. The highest BCUT2D eigenvalue weighted by Gasteiger charge is 2.17. The van der Waals surface area contributed by atoms with Gasteiger partial charge in [-0.1, -0.05) is 97.1 Å². The number of thiazole rings is 1. The van der Waals surface area contributed by atoms with Gasteiger partial charge in [0.15, 0.2) is 17.5 Å². The summed E-state index contributed by atoms with van der Waals surface area (Å²) in [7, 11) is 0. The first kappa shape index (κ1) is 23.1. The van der Waals surface area contributed by atoms with E-state index in [2.05, 4.69) is 35.3 Å². The molecule has 0 aliphatic carbocycles. The van der Waals surface area contributed by atoms with E-state index in [-0.39, 0.29) is 0 Å². The van der Waals surface area contributed by atoms with Crippen LogP contribution in [0.25, 0.3) is 66.1 Å². The Bertz CT molecular complexity index is 1830. The van der Waals surface area contributed by atoms with Crippen LogP contribution in [0.4, 0.5) is 0 Å². The zero-order valence-corrected chi connectivity index (χ0v) is 21.6. The molecule has 0 unspecified atom stereocenters. The quantitative estimate of drug-likeness (QED) is 0.229. The number of aromatic nitrogens is 5. The lowest BCUT2D eigenvalue weighted by atomic mass is 10.0. The average molecular weight is 520 g/mol. The molecule has 39 heavy (non-hydrogen) atoms. The standard InChI is InChI=1S/C33H21N5S/c1-4-11-22(12-5-1)30-36-31(23-13-6-2-7-14-23)38-32(37-30)26-19-27(25-17-10-18-34-21-25)29-28(20-26)39-33(35-29)24-15-8-3-9-16-24/h1-21H. The molecule has 4 aromatic carbocycles. The van der Waals surface area contributed by atoms with Gasteiger partial charge in [0.25, 0.3) is 0 Å². The number of nitrogens with zero attached hydrogens (tertiary/aromatic N) is 5. The molecule has 0 fully saturated rings. The fourth-order valence-corrected chi connectivity index (χ4v) is 5.58. The third-order valence-electron chi connectivity index (χ3n) is 6.45. The molecule has 0 aliphatic rings. The predicted octanol–water partition coefficient (Wildman–Crippen LogP) is 8.21. The molecule has 0 spiro atoms. The summed E-state index contributed by atoms with van der Waals surface area (Å²) in [5.74, 6) is 1.89. The summed E-state index contributed by atoms with van der Waals surface area (Å²) in [5.41, 5.74) is 6.81. The molecule has 0 atom stereocenters. The number of pyridine rings is 1. The van der Waals surface area contributed by atoms with Crippen molar-refractivity contribution in [3.8, 4) is 55.9 Å². The van der Waals surface area contributed by atoms with Crippen molar-refractivity contribution in [2.45, 2.75) is 0 Å². The van der Waals surface area contributed by atoms with E-state index >= 15 is 0 Å². The minimum absolute atomic E-state index is 0.615. The lowest BCUT2D eigenvalue weighted by molar-refractivity contribution is 1.07. The number of hydrogen-bond donors (Lipinski definition) is 0. The Balaban J connectivity index is 1.47. The molecule has 0 radical (unpaired) electrons. The van der Waals surface area contributed by atoms with Crippen LogP contribution in [0.1, 0.15) is 0 Å².